The third kappa shape index (κ3) is 3.04. The van der Waals surface area contributed by atoms with Gasteiger partial charge in [-0.15, -0.1) is 0 Å². The van der Waals surface area contributed by atoms with Crippen LogP contribution < -0.4 is 5.32 Å². The third-order valence-corrected chi connectivity index (χ3v) is 4.82. The number of rotatable bonds is 3. The standard InChI is InChI=1S/C18H22N4/c1-12(2)14-4-6-15(7-5-14)22-18-16-9-13(10-19)3-8-17(16)20-11-21-18/h3,8-9,11-12,14-15H,4-7H2,1-2H3,(H,20,21,22). The number of nitrogens with one attached hydrogen (secondary N) is 1. The number of nitriles is 1. The molecule has 1 aliphatic rings. The van der Waals surface area contributed by atoms with Gasteiger partial charge < -0.3 is 5.32 Å². The van der Waals surface area contributed by atoms with Gasteiger partial charge in [0.15, 0.2) is 0 Å². The Morgan fingerprint density at radius 3 is 2.64 bits per heavy atom. The van der Waals surface area contributed by atoms with Crippen molar-refractivity contribution in [3.05, 3.63) is 30.1 Å². The monoisotopic (exact) mass is 294 g/mol. The van der Waals surface area contributed by atoms with Crippen molar-refractivity contribution >= 4 is 16.7 Å². The Labute approximate surface area is 131 Å². The molecule has 0 atom stereocenters. The maximum absolute atomic E-state index is 9.08. The summed E-state index contributed by atoms with van der Waals surface area (Å²) in [6.07, 6.45) is 6.53. The number of fused-ring (bicyclic) bond motifs is 1. The summed E-state index contributed by atoms with van der Waals surface area (Å²) in [5.41, 5.74) is 1.53. The molecule has 3 rings (SSSR count). The second-order valence-electron chi connectivity index (χ2n) is 6.57. The van der Waals surface area contributed by atoms with E-state index < -0.39 is 0 Å². The highest BCUT2D eigenvalue weighted by Crippen LogP contribution is 2.32. The molecule has 1 aromatic heterocycles. The van der Waals surface area contributed by atoms with Crippen LogP contribution in [-0.2, 0) is 0 Å². The van der Waals surface area contributed by atoms with E-state index in [1.54, 1.807) is 12.4 Å². The molecule has 0 bridgehead atoms. The second-order valence-corrected chi connectivity index (χ2v) is 6.57. The van der Waals surface area contributed by atoms with Gasteiger partial charge in [-0.2, -0.15) is 5.26 Å². The van der Waals surface area contributed by atoms with E-state index in [0.29, 0.717) is 11.6 Å². The van der Waals surface area contributed by atoms with E-state index in [0.717, 1.165) is 28.6 Å². The lowest BCUT2D eigenvalue weighted by Gasteiger charge is -2.31. The molecule has 2 aromatic rings. The lowest BCUT2D eigenvalue weighted by Crippen LogP contribution is -2.28. The van der Waals surface area contributed by atoms with Gasteiger partial charge in [0.1, 0.15) is 12.1 Å². The van der Waals surface area contributed by atoms with E-state index in [9.17, 15) is 0 Å². The molecule has 1 aliphatic carbocycles. The fourth-order valence-corrected chi connectivity index (χ4v) is 3.36. The quantitative estimate of drug-likeness (QED) is 0.924. The lowest BCUT2D eigenvalue weighted by molar-refractivity contribution is 0.267. The Balaban J connectivity index is 1.78. The van der Waals surface area contributed by atoms with Crippen molar-refractivity contribution in [3.8, 4) is 6.07 Å². The molecule has 4 nitrogen and oxygen atoms in total. The second kappa shape index (κ2) is 6.31. The summed E-state index contributed by atoms with van der Waals surface area (Å²) >= 11 is 0. The van der Waals surface area contributed by atoms with Gasteiger partial charge in [-0.25, -0.2) is 9.97 Å². The normalized spacial score (nSPS) is 21.7. The van der Waals surface area contributed by atoms with E-state index in [4.69, 9.17) is 5.26 Å². The number of benzene rings is 1. The van der Waals surface area contributed by atoms with Crippen molar-refractivity contribution in [1.82, 2.24) is 9.97 Å². The Bertz CT molecular complexity index is 694. The summed E-state index contributed by atoms with van der Waals surface area (Å²) in [6, 6.07) is 8.21. The van der Waals surface area contributed by atoms with Crippen molar-refractivity contribution in [1.29, 1.82) is 5.26 Å². The van der Waals surface area contributed by atoms with Crippen LogP contribution in [0.5, 0.6) is 0 Å². The average molecular weight is 294 g/mol. The smallest absolute Gasteiger partial charge is 0.137 e. The van der Waals surface area contributed by atoms with E-state index in [1.165, 1.54) is 25.7 Å². The zero-order valence-electron chi connectivity index (χ0n) is 13.2. The van der Waals surface area contributed by atoms with Gasteiger partial charge in [-0.1, -0.05) is 13.8 Å². The minimum Gasteiger partial charge on any atom is -0.367 e. The molecule has 1 heterocycles. The molecule has 0 amide bonds. The van der Waals surface area contributed by atoms with Gasteiger partial charge in [0, 0.05) is 11.4 Å². The maximum atomic E-state index is 9.08. The molecule has 1 fully saturated rings. The summed E-state index contributed by atoms with van der Waals surface area (Å²) in [5, 5.41) is 13.6. The minimum absolute atomic E-state index is 0.471. The topological polar surface area (TPSA) is 61.6 Å². The molecule has 0 spiro atoms. The molecule has 0 aliphatic heterocycles. The van der Waals surface area contributed by atoms with Crippen LogP contribution in [0, 0.1) is 23.2 Å². The first kappa shape index (κ1) is 14.8. The van der Waals surface area contributed by atoms with Crippen LogP contribution in [0.4, 0.5) is 5.82 Å². The molecule has 22 heavy (non-hydrogen) atoms. The number of hydrogen-bond acceptors (Lipinski definition) is 4. The largest absolute Gasteiger partial charge is 0.367 e. The Morgan fingerprint density at radius 2 is 1.95 bits per heavy atom. The zero-order chi connectivity index (χ0) is 15.5. The van der Waals surface area contributed by atoms with E-state index >= 15 is 0 Å². The molecule has 1 aromatic carbocycles. The fraction of sp³-hybridized carbons (Fsp3) is 0.500. The van der Waals surface area contributed by atoms with Crippen LogP contribution >= 0.6 is 0 Å². The van der Waals surface area contributed by atoms with Crippen molar-refractivity contribution in [2.24, 2.45) is 11.8 Å². The fourth-order valence-electron chi connectivity index (χ4n) is 3.36. The van der Waals surface area contributed by atoms with Gasteiger partial charge >= 0.3 is 0 Å². The number of aromatic nitrogens is 2. The Morgan fingerprint density at radius 1 is 1.18 bits per heavy atom. The van der Waals surface area contributed by atoms with Gasteiger partial charge in [0.2, 0.25) is 0 Å². The molecule has 1 N–H and O–H groups in total. The van der Waals surface area contributed by atoms with Crippen molar-refractivity contribution in [2.75, 3.05) is 5.32 Å². The molecule has 0 unspecified atom stereocenters. The van der Waals surface area contributed by atoms with Gasteiger partial charge in [0.05, 0.1) is 17.1 Å². The average Bonchev–Trinajstić information content (AvgIpc) is 2.55. The summed E-state index contributed by atoms with van der Waals surface area (Å²) in [4.78, 5) is 8.68. The highest BCUT2D eigenvalue weighted by molar-refractivity contribution is 5.89. The third-order valence-electron chi connectivity index (χ3n) is 4.82. The summed E-state index contributed by atoms with van der Waals surface area (Å²) in [7, 11) is 0. The number of hydrogen-bond donors (Lipinski definition) is 1. The number of anilines is 1. The molecular formula is C18H22N4. The molecule has 4 heteroatoms. The first-order chi connectivity index (χ1) is 10.7. The van der Waals surface area contributed by atoms with Crippen molar-refractivity contribution in [3.63, 3.8) is 0 Å². The first-order valence-electron chi connectivity index (χ1n) is 8.08. The van der Waals surface area contributed by atoms with Crippen LogP contribution in [0.1, 0.15) is 45.1 Å². The Kier molecular flexibility index (Phi) is 4.24. The van der Waals surface area contributed by atoms with Crippen LogP contribution in [-0.4, -0.2) is 16.0 Å². The van der Waals surface area contributed by atoms with E-state index in [2.05, 4.69) is 35.2 Å². The van der Waals surface area contributed by atoms with Crippen LogP contribution in [0.15, 0.2) is 24.5 Å². The van der Waals surface area contributed by atoms with Crippen LogP contribution in [0.3, 0.4) is 0 Å². The van der Waals surface area contributed by atoms with Crippen LogP contribution in [0.2, 0.25) is 0 Å². The van der Waals surface area contributed by atoms with Gasteiger partial charge in [-0.3, -0.25) is 0 Å². The SMILES string of the molecule is CC(C)C1CCC(Nc2ncnc3ccc(C#N)cc23)CC1. The first-order valence-corrected chi connectivity index (χ1v) is 8.08. The molecule has 114 valence electrons. The summed E-state index contributed by atoms with van der Waals surface area (Å²) < 4.78 is 0. The zero-order valence-corrected chi connectivity index (χ0v) is 13.2. The molecule has 0 radical (unpaired) electrons. The number of nitrogens with zero attached hydrogens (tertiary/aromatic N) is 3. The summed E-state index contributed by atoms with van der Waals surface area (Å²) in [6.45, 7) is 4.64. The highest BCUT2D eigenvalue weighted by Gasteiger charge is 2.23. The van der Waals surface area contributed by atoms with E-state index in [1.807, 2.05) is 12.1 Å². The van der Waals surface area contributed by atoms with E-state index in [-0.39, 0.29) is 0 Å². The van der Waals surface area contributed by atoms with Gasteiger partial charge in [-0.05, 0) is 55.7 Å². The molecule has 0 saturated heterocycles. The summed E-state index contributed by atoms with van der Waals surface area (Å²) in [5.74, 6) is 2.49. The lowest BCUT2D eigenvalue weighted by atomic mass is 9.80. The Hall–Kier alpha value is -2.15. The highest BCUT2D eigenvalue weighted by atomic mass is 15.0. The predicted molar refractivity (Wildman–Crippen MR) is 88.5 cm³/mol. The minimum atomic E-state index is 0.471. The van der Waals surface area contributed by atoms with Gasteiger partial charge in [0.25, 0.3) is 0 Å². The predicted octanol–water partition coefficient (Wildman–Crippen LogP) is 4.13. The van der Waals surface area contributed by atoms with Crippen molar-refractivity contribution < 1.29 is 0 Å². The van der Waals surface area contributed by atoms with Crippen LogP contribution in [0.25, 0.3) is 10.9 Å². The van der Waals surface area contributed by atoms with Crippen molar-refractivity contribution in [2.45, 2.75) is 45.6 Å². The molecule has 1 saturated carbocycles. The maximum Gasteiger partial charge on any atom is 0.137 e. The molecular weight excluding hydrogens is 272 g/mol.